The minimum absolute atomic E-state index is 0.147. The standard InChI is InChI=1S/C13H16N2O/c14-13(15-7-3-4-8-15)11-9-16-12-6-2-1-5-10(11)12/h1-2,5-6,11,14H,3-4,7-9H2. The van der Waals surface area contributed by atoms with E-state index in [2.05, 4.69) is 11.0 Å². The summed E-state index contributed by atoms with van der Waals surface area (Å²) in [4.78, 5) is 2.19. The van der Waals surface area contributed by atoms with Crippen LogP contribution < -0.4 is 4.74 Å². The van der Waals surface area contributed by atoms with E-state index >= 15 is 0 Å². The largest absolute Gasteiger partial charge is 0.492 e. The Labute approximate surface area is 95.5 Å². The van der Waals surface area contributed by atoms with Crippen LogP contribution in [0.15, 0.2) is 24.3 Å². The van der Waals surface area contributed by atoms with Crippen LogP contribution in [0.5, 0.6) is 5.75 Å². The van der Waals surface area contributed by atoms with E-state index in [1.807, 2.05) is 18.2 Å². The summed E-state index contributed by atoms with van der Waals surface area (Å²) < 4.78 is 5.62. The Hall–Kier alpha value is -1.51. The summed E-state index contributed by atoms with van der Waals surface area (Å²) in [5.41, 5.74) is 1.18. The van der Waals surface area contributed by atoms with Gasteiger partial charge in [0.25, 0.3) is 0 Å². The van der Waals surface area contributed by atoms with Gasteiger partial charge in [0, 0.05) is 18.7 Å². The molecule has 3 nitrogen and oxygen atoms in total. The zero-order chi connectivity index (χ0) is 11.0. The van der Waals surface area contributed by atoms with Crippen LogP contribution in [0.3, 0.4) is 0 Å². The minimum atomic E-state index is 0.147. The van der Waals surface area contributed by atoms with E-state index in [-0.39, 0.29) is 5.92 Å². The van der Waals surface area contributed by atoms with Crippen LogP contribution in [0.1, 0.15) is 24.3 Å². The molecule has 1 saturated heterocycles. The Balaban J connectivity index is 1.84. The molecule has 1 aromatic rings. The van der Waals surface area contributed by atoms with Crippen molar-refractivity contribution in [3.63, 3.8) is 0 Å². The number of amidine groups is 1. The van der Waals surface area contributed by atoms with Crippen molar-refractivity contribution >= 4 is 5.84 Å². The van der Waals surface area contributed by atoms with Crippen LogP contribution in [0, 0.1) is 5.41 Å². The van der Waals surface area contributed by atoms with Gasteiger partial charge in [0.2, 0.25) is 0 Å². The van der Waals surface area contributed by atoms with Crippen molar-refractivity contribution in [2.24, 2.45) is 0 Å². The van der Waals surface area contributed by atoms with Gasteiger partial charge in [-0.05, 0) is 18.9 Å². The zero-order valence-electron chi connectivity index (χ0n) is 9.28. The lowest BCUT2D eigenvalue weighted by molar-refractivity contribution is 0.341. The summed E-state index contributed by atoms with van der Waals surface area (Å²) in [6.07, 6.45) is 2.44. The van der Waals surface area contributed by atoms with Crippen LogP contribution in [-0.2, 0) is 0 Å². The number of likely N-dealkylation sites (tertiary alicyclic amines) is 1. The Morgan fingerprint density at radius 3 is 2.81 bits per heavy atom. The number of para-hydroxylation sites is 1. The summed E-state index contributed by atoms with van der Waals surface area (Å²) in [7, 11) is 0. The van der Waals surface area contributed by atoms with Crippen LogP contribution in [-0.4, -0.2) is 30.4 Å². The molecule has 3 heteroatoms. The van der Waals surface area contributed by atoms with E-state index < -0.39 is 0 Å². The van der Waals surface area contributed by atoms with Crippen LogP contribution in [0.25, 0.3) is 0 Å². The third-order valence-electron chi connectivity index (χ3n) is 3.48. The lowest BCUT2D eigenvalue weighted by Crippen LogP contribution is -2.32. The van der Waals surface area contributed by atoms with Crippen molar-refractivity contribution in [3.8, 4) is 5.75 Å². The number of ether oxygens (including phenoxy) is 1. The second kappa shape index (κ2) is 3.81. The van der Waals surface area contributed by atoms with E-state index in [4.69, 9.17) is 10.1 Å². The van der Waals surface area contributed by atoms with Gasteiger partial charge in [-0.15, -0.1) is 0 Å². The molecule has 2 aliphatic rings. The Morgan fingerprint density at radius 2 is 2.00 bits per heavy atom. The van der Waals surface area contributed by atoms with E-state index in [0.717, 1.165) is 24.7 Å². The van der Waals surface area contributed by atoms with Gasteiger partial charge in [-0.2, -0.15) is 0 Å². The lowest BCUT2D eigenvalue weighted by Gasteiger charge is -2.22. The highest BCUT2D eigenvalue weighted by molar-refractivity contribution is 5.88. The highest BCUT2D eigenvalue weighted by Crippen LogP contribution is 2.35. The number of hydrogen-bond acceptors (Lipinski definition) is 2. The summed E-state index contributed by atoms with van der Waals surface area (Å²) >= 11 is 0. The Morgan fingerprint density at radius 1 is 1.25 bits per heavy atom. The van der Waals surface area contributed by atoms with Crippen LogP contribution >= 0.6 is 0 Å². The molecule has 16 heavy (non-hydrogen) atoms. The van der Waals surface area contributed by atoms with E-state index in [1.54, 1.807) is 0 Å². The second-order valence-electron chi connectivity index (χ2n) is 4.48. The van der Waals surface area contributed by atoms with E-state index in [9.17, 15) is 0 Å². The molecule has 1 fully saturated rings. The summed E-state index contributed by atoms with van der Waals surface area (Å²) in [6.45, 7) is 2.71. The Kier molecular flexibility index (Phi) is 2.31. The van der Waals surface area contributed by atoms with Crippen molar-refractivity contribution in [1.82, 2.24) is 4.90 Å². The van der Waals surface area contributed by atoms with Crippen molar-refractivity contribution in [2.75, 3.05) is 19.7 Å². The van der Waals surface area contributed by atoms with Gasteiger partial charge < -0.3 is 9.64 Å². The first-order valence-electron chi connectivity index (χ1n) is 5.91. The van der Waals surface area contributed by atoms with Gasteiger partial charge in [-0.1, -0.05) is 18.2 Å². The van der Waals surface area contributed by atoms with Gasteiger partial charge in [0.1, 0.15) is 18.2 Å². The molecule has 0 spiro atoms. The molecule has 0 radical (unpaired) electrons. The summed E-state index contributed by atoms with van der Waals surface area (Å²) in [6, 6.07) is 8.09. The number of fused-ring (bicyclic) bond motifs is 1. The fraction of sp³-hybridized carbons (Fsp3) is 0.462. The molecule has 1 atom stereocenters. The van der Waals surface area contributed by atoms with Crippen molar-refractivity contribution in [1.29, 1.82) is 5.41 Å². The van der Waals surface area contributed by atoms with Gasteiger partial charge >= 0.3 is 0 Å². The maximum Gasteiger partial charge on any atom is 0.123 e. The van der Waals surface area contributed by atoms with Gasteiger partial charge in [0.05, 0.1) is 5.92 Å². The maximum absolute atomic E-state index is 8.26. The van der Waals surface area contributed by atoms with Gasteiger partial charge in [0.15, 0.2) is 0 Å². The SMILES string of the molecule is N=C(C1COc2ccccc21)N1CCCC1. The summed E-state index contributed by atoms with van der Waals surface area (Å²) in [5, 5.41) is 8.26. The predicted molar refractivity (Wildman–Crippen MR) is 63.2 cm³/mol. The van der Waals surface area contributed by atoms with Crippen LogP contribution in [0.2, 0.25) is 0 Å². The lowest BCUT2D eigenvalue weighted by atomic mass is 9.99. The molecule has 0 saturated carbocycles. The van der Waals surface area contributed by atoms with E-state index in [0.29, 0.717) is 6.61 Å². The fourth-order valence-corrected chi connectivity index (χ4v) is 2.57. The van der Waals surface area contributed by atoms with Crippen molar-refractivity contribution < 1.29 is 4.74 Å². The zero-order valence-corrected chi connectivity index (χ0v) is 9.28. The summed E-state index contributed by atoms with van der Waals surface area (Å²) in [5.74, 6) is 1.84. The maximum atomic E-state index is 8.26. The minimum Gasteiger partial charge on any atom is -0.492 e. The predicted octanol–water partition coefficient (Wildman–Crippen LogP) is 2.24. The topological polar surface area (TPSA) is 36.3 Å². The van der Waals surface area contributed by atoms with Crippen LogP contribution in [0.4, 0.5) is 0 Å². The molecule has 1 unspecified atom stereocenters. The molecule has 0 aliphatic carbocycles. The normalized spacial score (nSPS) is 23.0. The highest BCUT2D eigenvalue weighted by atomic mass is 16.5. The average molecular weight is 216 g/mol. The number of benzene rings is 1. The molecule has 3 rings (SSSR count). The first-order chi connectivity index (χ1) is 7.86. The molecule has 0 aromatic heterocycles. The molecular formula is C13H16N2O. The first kappa shape index (κ1) is 9.70. The van der Waals surface area contributed by atoms with Gasteiger partial charge in [-0.3, -0.25) is 5.41 Å². The molecule has 2 heterocycles. The first-order valence-corrected chi connectivity index (χ1v) is 5.91. The van der Waals surface area contributed by atoms with E-state index in [1.165, 1.54) is 18.4 Å². The number of rotatable bonds is 1. The Bertz CT molecular complexity index is 410. The fourth-order valence-electron chi connectivity index (χ4n) is 2.57. The smallest absolute Gasteiger partial charge is 0.123 e. The molecule has 2 aliphatic heterocycles. The number of nitrogens with one attached hydrogen (secondary N) is 1. The molecule has 0 amide bonds. The van der Waals surface area contributed by atoms with Crippen molar-refractivity contribution in [2.45, 2.75) is 18.8 Å². The monoisotopic (exact) mass is 216 g/mol. The van der Waals surface area contributed by atoms with Crippen molar-refractivity contribution in [3.05, 3.63) is 29.8 Å². The molecule has 84 valence electrons. The quantitative estimate of drug-likeness (QED) is 0.577. The number of nitrogens with zero attached hydrogens (tertiary/aromatic N) is 1. The molecule has 1 N–H and O–H groups in total. The van der Waals surface area contributed by atoms with Gasteiger partial charge in [-0.25, -0.2) is 0 Å². The molecule has 1 aromatic carbocycles. The number of hydrogen-bond donors (Lipinski definition) is 1. The second-order valence-corrected chi connectivity index (χ2v) is 4.48. The average Bonchev–Trinajstić information content (AvgIpc) is 2.98. The molecular weight excluding hydrogens is 200 g/mol. The third-order valence-corrected chi connectivity index (χ3v) is 3.48. The highest BCUT2D eigenvalue weighted by Gasteiger charge is 2.31. The third kappa shape index (κ3) is 1.47. The molecule has 0 bridgehead atoms.